The van der Waals surface area contributed by atoms with E-state index in [-0.39, 0.29) is 0 Å². The van der Waals surface area contributed by atoms with Crippen LogP contribution in [0.5, 0.6) is 11.5 Å². The first-order valence-corrected chi connectivity index (χ1v) is 17.0. The van der Waals surface area contributed by atoms with Gasteiger partial charge in [0.2, 0.25) is 0 Å². The number of hydrogen-bond donors (Lipinski definition) is 0. The van der Waals surface area contributed by atoms with Gasteiger partial charge in [-0.3, -0.25) is 0 Å². The van der Waals surface area contributed by atoms with Gasteiger partial charge in [0, 0.05) is 0 Å². The number of benzene rings is 2. The first-order valence-electron chi connectivity index (χ1n) is 17.0. The molecule has 2 radical (unpaired) electrons. The molecule has 0 bridgehead atoms. The molecule has 2 rings (SSSR count). The molecule has 0 saturated heterocycles. The Morgan fingerprint density at radius 1 is 0.436 bits per heavy atom. The largest absolute Gasteiger partial charge is 0.457 e. The Morgan fingerprint density at radius 2 is 0.744 bits per heavy atom. The van der Waals surface area contributed by atoms with E-state index in [4.69, 9.17) is 4.74 Å². The van der Waals surface area contributed by atoms with E-state index >= 15 is 0 Å². The Kier molecular flexibility index (Phi) is 20.6. The lowest BCUT2D eigenvalue weighted by Gasteiger charge is -2.09. The zero-order valence-corrected chi connectivity index (χ0v) is 25.8. The lowest BCUT2D eigenvalue weighted by molar-refractivity contribution is 0.480. The SMILES string of the molecule is CCCCCCCCCCCCCc1[c]ccc(Oc2cc[c]c(CCCCCCCCCCCCC)c2)c1. The third-order valence-electron chi connectivity index (χ3n) is 8.00. The molecule has 2 aromatic rings. The van der Waals surface area contributed by atoms with Crippen molar-refractivity contribution in [3.8, 4) is 11.5 Å². The quantitative estimate of drug-likeness (QED) is 0.109. The average Bonchev–Trinajstić information content (AvgIpc) is 2.95. The van der Waals surface area contributed by atoms with E-state index < -0.39 is 0 Å². The van der Waals surface area contributed by atoms with Crippen LogP contribution in [-0.2, 0) is 12.8 Å². The summed E-state index contributed by atoms with van der Waals surface area (Å²) in [6.07, 6.45) is 32.7. The highest BCUT2D eigenvalue weighted by Crippen LogP contribution is 2.24. The zero-order valence-electron chi connectivity index (χ0n) is 25.8. The summed E-state index contributed by atoms with van der Waals surface area (Å²) in [6.45, 7) is 4.58. The van der Waals surface area contributed by atoms with Gasteiger partial charge in [-0.15, -0.1) is 0 Å². The molecular weight excluding hydrogens is 472 g/mol. The molecule has 39 heavy (non-hydrogen) atoms. The molecule has 0 aliphatic rings. The van der Waals surface area contributed by atoms with E-state index in [9.17, 15) is 0 Å². The van der Waals surface area contributed by atoms with E-state index in [0.29, 0.717) is 0 Å². The zero-order chi connectivity index (χ0) is 27.6. The first kappa shape index (κ1) is 33.4. The molecule has 1 nitrogen and oxygen atoms in total. The van der Waals surface area contributed by atoms with Crippen LogP contribution in [0.25, 0.3) is 0 Å². The van der Waals surface area contributed by atoms with Crippen molar-refractivity contribution in [3.05, 3.63) is 59.7 Å². The third-order valence-corrected chi connectivity index (χ3v) is 8.00. The summed E-state index contributed by atoms with van der Waals surface area (Å²) in [7, 11) is 0. The Morgan fingerprint density at radius 3 is 1.08 bits per heavy atom. The molecule has 0 aliphatic carbocycles. The van der Waals surface area contributed by atoms with Gasteiger partial charge >= 0.3 is 0 Å². The molecule has 0 aliphatic heterocycles. The predicted molar refractivity (Wildman–Crippen MR) is 171 cm³/mol. The highest BCUT2D eigenvalue weighted by molar-refractivity contribution is 5.35. The van der Waals surface area contributed by atoms with Crippen LogP contribution >= 0.6 is 0 Å². The van der Waals surface area contributed by atoms with Gasteiger partial charge in [0.05, 0.1) is 0 Å². The topological polar surface area (TPSA) is 9.23 Å². The van der Waals surface area contributed by atoms with Gasteiger partial charge in [-0.1, -0.05) is 154 Å². The second kappa shape index (κ2) is 24.1. The Balaban J connectivity index is 1.55. The van der Waals surface area contributed by atoms with Gasteiger partial charge in [-0.25, -0.2) is 0 Å². The molecule has 0 atom stereocenters. The van der Waals surface area contributed by atoms with Crippen molar-refractivity contribution in [2.75, 3.05) is 0 Å². The van der Waals surface area contributed by atoms with Gasteiger partial charge in [-0.05, 0) is 73.2 Å². The lowest BCUT2D eigenvalue weighted by atomic mass is 10.0. The van der Waals surface area contributed by atoms with Gasteiger partial charge in [0.25, 0.3) is 0 Å². The van der Waals surface area contributed by atoms with E-state index in [1.54, 1.807) is 0 Å². The number of rotatable bonds is 26. The van der Waals surface area contributed by atoms with Crippen molar-refractivity contribution in [1.29, 1.82) is 0 Å². The average molecular weight is 533 g/mol. The van der Waals surface area contributed by atoms with Crippen LogP contribution in [0.15, 0.2) is 36.4 Å². The molecule has 0 amide bonds. The van der Waals surface area contributed by atoms with Gasteiger partial charge in [0.15, 0.2) is 0 Å². The van der Waals surface area contributed by atoms with Crippen LogP contribution in [0.2, 0.25) is 0 Å². The summed E-state index contributed by atoms with van der Waals surface area (Å²) < 4.78 is 6.23. The molecule has 218 valence electrons. The second-order valence-corrected chi connectivity index (χ2v) is 11.8. The van der Waals surface area contributed by atoms with Crippen molar-refractivity contribution >= 4 is 0 Å². The van der Waals surface area contributed by atoms with Crippen molar-refractivity contribution in [2.24, 2.45) is 0 Å². The van der Waals surface area contributed by atoms with Gasteiger partial charge in [0.1, 0.15) is 11.5 Å². The molecule has 0 spiro atoms. The van der Waals surface area contributed by atoms with Crippen LogP contribution in [0.1, 0.15) is 166 Å². The lowest BCUT2D eigenvalue weighted by Crippen LogP contribution is -1.91. The molecule has 0 unspecified atom stereocenters. The third kappa shape index (κ3) is 18.3. The maximum Gasteiger partial charge on any atom is 0.127 e. The van der Waals surface area contributed by atoms with E-state index in [1.165, 1.54) is 152 Å². The molecule has 1 heteroatoms. The maximum atomic E-state index is 6.23. The standard InChI is InChI=1S/C38H60O/c1-3-5-7-9-11-13-15-17-19-21-23-27-35-29-25-31-37(33-35)39-38-32-26-30-36(34-38)28-24-22-20-18-16-14-12-10-8-6-4-2/h25-26,31-34H,3-24,27-28H2,1-2H3. The maximum absolute atomic E-state index is 6.23. The minimum atomic E-state index is 0.929. The van der Waals surface area contributed by atoms with Crippen LogP contribution in [0.4, 0.5) is 0 Å². The van der Waals surface area contributed by atoms with E-state index in [2.05, 4.69) is 38.1 Å². The summed E-state index contributed by atoms with van der Waals surface area (Å²) >= 11 is 0. The Labute approximate surface area is 243 Å². The highest BCUT2D eigenvalue weighted by atomic mass is 16.5. The fourth-order valence-electron chi connectivity index (χ4n) is 5.50. The fourth-order valence-corrected chi connectivity index (χ4v) is 5.50. The smallest absolute Gasteiger partial charge is 0.127 e. The Hall–Kier alpha value is -1.76. The number of aryl methyl sites for hydroxylation is 2. The molecule has 0 N–H and O–H groups in total. The second-order valence-electron chi connectivity index (χ2n) is 11.8. The van der Waals surface area contributed by atoms with Crippen molar-refractivity contribution in [3.63, 3.8) is 0 Å². The summed E-state index contributed by atoms with van der Waals surface area (Å²) in [6, 6.07) is 19.3. The molecule has 0 fully saturated rings. The summed E-state index contributed by atoms with van der Waals surface area (Å²) in [4.78, 5) is 0. The summed E-state index contributed by atoms with van der Waals surface area (Å²) in [5, 5.41) is 0. The normalized spacial score (nSPS) is 11.2. The molecule has 0 heterocycles. The Bertz CT molecular complexity index is 742. The first-order chi connectivity index (χ1) is 19.3. The summed E-state index contributed by atoms with van der Waals surface area (Å²) in [5.41, 5.74) is 2.54. The summed E-state index contributed by atoms with van der Waals surface area (Å²) in [5.74, 6) is 1.86. The molecular formula is C38H60O. The van der Waals surface area contributed by atoms with Crippen LogP contribution < -0.4 is 4.74 Å². The van der Waals surface area contributed by atoms with Crippen molar-refractivity contribution in [1.82, 2.24) is 0 Å². The highest BCUT2D eigenvalue weighted by Gasteiger charge is 2.03. The number of hydrogen-bond acceptors (Lipinski definition) is 1. The van der Waals surface area contributed by atoms with E-state index in [1.807, 2.05) is 24.3 Å². The predicted octanol–water partition coefficient (Wildman–Crippen LogP) is 12.8. The minimum absolute atomic E-state index is 0.929. The van der Waals surface area contributed by atoms with Crippen molar-refractivity contribution in [2.45, 2.75) is 168 Å². The molecule has 0 aromatic heterocycles. The monoisotopic (exact) mass is 532 g/mol. The molecule has 2 aromatic carbocycles. The van der Waals surface area contributed by atoms with Crippen LogP contribution in [0.3, 0.4) is 0 Å². The fraction of sp³-hybridized carbons (Fsp3) is 0.684. The van der Waals surface area contributed by atoms with Crippen LogP contribution in [-0.4, -0.2) is 0 Å². The van der Waals surface area contributed by atoms with Crippen molar-refractivity contribution < 1.29 is 4.74 Å². The number of ether oxygens (including phenoxy) is 1. The van der Waals surface area contributed by atoms with Crippen LogP contribution in [0, 0.1) is 12.1 Å². The van der Waals surface area contributed by atoms with Gasteiger partial charge in [-0.2, -0.15) is 0 Å². The van der Waals surface area contributed by atoms with Gasteiger partial charge < -0.3 is 4.74 Å². The molecule has 0 saturated carbocycles. The van der Waals surface area contributed by atoms with E-state index in [0.717, 1.165) is 24.3 Å². The minimum Gasteiger partial charge on any atom is -0.457 e. The number of unbranched alkanes of at least 4 members (excludes halogenated alkanes) is 20.